The van der Waals surface area contributed by atoms with Gasteiger partial charge in [0.2, 0.25) is 0 Å². The quantitative estimate of drug-likeness (QED) is 0.0329. The number of unbranched alkanes of at least 4 members (excludes halogenated alkanes) is 14. The average Bonchev–Trinajstić information content (AvgIpc) is 3.24. The number of carbonyl (C=O) groups excluding carboxylic acids is 5. The largest absolute Gasteiger partial charge is 0.466 e. The van der Waals surface area contributed by atoms with Crippen LogP contribution in [0.5, 0.6) is 0 Å². The van der Waals surface area contributed by atoms with Crippen molar-refractivity contribution < 1.29 is 47.7 Å². The number of rotatable bonds is 44. The van der Waals surface area contributed by atoms with E-state index in [9.17, 15) is 24.0 Å². The van der Waals surface area contributed by atoms with E-state index in [0.717, 1.165) is 122 Å². The zero-order valence-electron chi connectivity index (χ0n) is 41.1. The van der Waals surface area contributed by atoms with Crippen LogP contribution in [0.4, 0.5) is 0 Å². The minimum atomic E-state index is -1.31. The first kappa shape index (κ1) is 59.3. The number of carbonyl (C=O) groups is 5. The highest BCUT2D eigenvalue weighted by atomic mass is 16.6. The molecule has 11 heteroatoms. The number of hydrogen-bond donors (Lipinski definition) is 0. The Kier molecular flexibility index (Phi) is 39.3. The summed E-state index contributed by atoms with van der Waals surface area (Å²) >= 11 is 0. The molecule has 0 unspecified atom stereocenters. The van der Waals surface area contributed by atoms with Gasteiger partial charge in [0.05, 0.1) is 6.61 Å². The van der Waals surface area contributed by atoms with Crippen LogP contribution >= 0.6 is 0 Å². The van der Waals surface area contributed by atoms with Gasteiger partial charge in [-0.3, -0.25) is 24.0 Å². The third kappa shape index (κ3) is 35.7. The van der Waals surface area contributed by atoms with Crippen molar-refractivity contribution in [1.29, 1.82) is 0 Å². The Morgan fingerprint density at radius 1 is 0.387 bits per heavy atom. The van der Waals surface area contributed by atoms with Gasteiger partial charge in [-0.15, -0.1) is 0 Å². The minimum Gasteiger partial charge on any atom is -0.466 e. The van der Waals surface area contributed by atoms with Gasteiger partial charge in [0, 0.05) is 32.1 Å². The van der Waals surface area contributed by atoms with Crippen LogP contribution in [0.1, 0.15) is 227 Å². The minimum absolute atomic E-state index is 0.0685. The van der Waals surface area contributed by atoms with Crippen LogP contribution in [0.15, 0.2) is 0 Å². The predicted octanol–water partition coefficient (Wildman–Crippen LogP) is 12.3. The molecule has 0 spiro atoms. The monoisotopic (exact) mass is 882 g/mol. The van der Waals surface area contributed by atoms with E-state index in [-0.39, 0.29) is 88.3 Å². The number of ether oxygens (including phenoxy) is 5. The van der Waals surface area contributed by atoms with E-state index in [4.69, 9.17) is 23.7 Å². The summed E-state index contributed by atoms with van der Waals surface area (Å²) in [6, 6.07) is 0. The van der Waals surface area contributed by atoms with Crippen molar-refractivity contribution in [3.8, 4) is 0 Å². The highest BCUT2D eigenvalue weighted by Gasteiger charge is 2.38. The van der Waals surface area contributed by atoms with Crippen molar-refractivity contribution >= 4 is 29.8 Å². The fraction of sp³-hybridized carbons (Fsp3) is 0.902. The molecule has 0 radical (unpaired) electrons. The van der Waals surface area contributed by atoms with E-state index in [0.29, 0.717) is 32.4 Å². The van der Waals surface area contributed by atoms with Crippen molar-refractivity contribution in [2.24, 2.45) is 17.3 Å². The van der Waals surface area contributed by atoms with E-state index >= 15 is 0 Å². The lowest BCUT2D eigenvalue weighted by atomic mass is 9.90. The van der Waals surface area contributed by atoms with Crippen LogP contribution < -0.4 is 0 Å². The zero-order valence-corrected chi connectivity index (χ0v) is 41.1. The van der Waals surface area contributed by atoms with Crippen molar-refractivity contribution in [3.63, 3.8) is 0 Å². The molecule has 0 aromatic rings. The molecule has 0 aliphatic carbocycles. The van der Waals surface area contributed by atoms with E-state index in [1.807, 2.05) is 19.0 Å². The van der Waals surface area contributed by atoms with Crippen LogP contribution in [-0.4, -0.2) is 88.4 Å². The standard InChI is InChI=1S/C51H95NO10/c1-8-13-18-19-20-27-37-58-46(53)33-25-26-34-47(54)59-40-51(41-60-48(55)35-28-36-52(6)7,42-61-49(56)38-44(29-21-14-9-2)30-22-15-10-3)43-62-50(57)39-45(31-23-16-11-4)32-24-17-12-5/h44-45H,8-43H2,1-7H3. The molecule has 0 atom stereocenters. The average molecular weight is 882 g/mol. The van der Waals surface area contributed by atoms with Gasteiger partial charge < -0.3 is 28.6 Å². The summed E-state index contributed by atoms with van der Waals surface area (Å²) in [5.41, 5.74) is -1.31. The van der Waals surface area contributed by atoms with Gasteiger partial charge in [-0.2, -0.15) is 0 Å². The van der Waals surface area contributed by atoms with Gasteiger partial charge in [0.15, 0.2) is 0 Å². The van der Waals surface area contributed by atoms with Crippen LogP contribution in [0.25, 0.3) is 0 Å². The first-order chi connectivity index (χ1) is 29.9. The molecule has 0 N–H and O–H groups in total. The molecule has 0 fully saturated rings. The lowest BCUT2D eigenvalue weighted by Crippen LogP contribution is -2.44. The Bertz CT molecular complexity index is 1070. The highest BCUT2D eigenvalue weighted by Crippen LogP contribution is 2.27. The van der Waals surface area contributed by atoms with Gasteiger partial charge >= 0.3 is 29.8 Å². The Morgan fingerprint density at radius 3 is 1.10 bits per heavy atom. The van der Waals surface area contributed by atoms with Gasteiger partial charge in [0.1, 0.15) is 31.8 Å². The maximum atomic E-state index is 13.6. The predicted molar refractivity (Wildman–Crippen MR) is 250 cm³/mol. The second-order valence-corrected chi connectivity index (χ2v) is 18.4. The smallest absolute Gasteiger partial charge is 0.306 e. The van der Waals surface area contributed by atoms with Gasteiger partial charge in [0.25, 0.3) is 0 Å². The summed E-state index contributed by atoms with van der Waals surface area (Å²) < 4.78 is 29.0. The molecule has 364 valence electrons. The van der Waals surface area contributed by atoms with Crippen molar-refractivity contribution in [2.75, 3.05) is 53.7 Å². The Morgan fingerprint density at radius 2 is 0.710 bits per heavy atom. The zero-order chi connectivity index (χ0) is 46.1. The fourth-order valence-corrected chi connectivity index (χ4v) is 7.57. The molecule has 0 heterocycles. The second kappa shape index (κ2) is 41.0. The van der Waals surface area contributed by atoms with E-state index < -0.39 is 17.4 Å². The van der Waals surface area contributed by atoms with Crippen LogP contribution in [0, 0.1) is 17.3 Å². The van der Waals surface area contributed by atoms with Crippen LogP contribution in [0.2, 0.25) is 0 Å². The fourth-order valence-electron chi connectivity index (χ4n) is 7.57. The molecule has 62 heavy (non-hydrogen) atoms. The topological polar surface area (TPSA) is 135 Å². The summed E-state index contributed by atoms with van der Waals surface area (Å²) in [4.78, 5) is 67.6. The Hall–Kier alpha value is -2.69. The summed E-state index contributed by atoms with van der Waals surface area (Å²) in [6.07, 6.45) is 26.1. The molecule has 0 saturated heterocycles. The lowest BCUT2D eigenvalue weighted by Gasteiger charge is -2.32. The SMILES string of the molecule is CCCCCCCCOC(=O)CCCCC(=O)OCC(COC(=O)CCCN(C)C)(COC(=O)CC(CCCCC)CCCCC)COC(=O)CC(CCCCC)CCCCC. The molecule has 0 aromatic carbocycles. The van der Waals surface area contributed by atoms with Crippen LogP contribution in [-0.2, 0) is 47.7 Å². The Labute approximate surface area is 379 Å². The normalized spacial score (nSPS) is 11.6. The molecular weight excluding hydrogens is 787 g/mol. The molecule has 0 aliphatic rings. The summed E-state index contributed by atoms with van der Waals surface area (Å²) in [5.74, 6) is -1.52. The molecule has 11 nitrogen and oxygen atoms in total. The van der Waals surface area contributed by atoms with Gasteiger partial charge in [-0.05, 0) is 83.8 Å². The van der Waals surface area contributed by atoms with Crippen molar-refractivity contribution in [1.82, 2.24) is 4.90 Å². The van der Waals surface area contributed by atoms with Gasteiger partial charge in [-0.25, -0.2) is 0 Å². The molecule has 0 bridgehead atoms. The van der Waals surface area contributed by atoms with E-state index in [1.54, 1.807) is 0 Å². The summed E-state index contributed by atoms with van der Waals surface area (Å²) in [7, 11) is 3.87. The first-order valence-electron chi connectivity index (χ1n) is 25.4. The van der Waals surface area contributed by atoms with E-state index in [1.165, 1.54) is 19.3 Å². The highest BCUT2D eigenvalue weighted by molar-refractivity contribution is 5.72. The second-order valence-electron chi connectivity index (χ2n) is 18.4. The lowest BCUT2D eigenvalue weighted by molar-refractivity contribution is -0.171. The first-order valence-corrected chi connectivity index (χ1v) is 25.4. The molecule has 0 saturated carbocycles. The summed E-state index contributed by atoms with van der Waals surface area (Å²) in [6.45, 7) is 11.0. The third-order valence-corrected chi connectivity index (χ3v) is 11.7. The molecule has 0 aliphatic heterocycles. The maximum absolute atomic E-state index is 13.6. The van der Waals surface area contributed by atoms with E-state index in [2.05, 4.69) is 34.6 Å². The van der Waals surface area contributed by atoms with Crippen molar-refractivity contribution in [2.45, 2.75) is 227 Å². The number of esters is 5. The maximum Gasteiger partial charge on any atom is 0.306 e. The molecule has 0 amide bonds. The number of nitrogens with zero attached hydrogens (tertiary/aromatic N) is 1. The van der Waals surface area contributed by atoms with Crippen LogP contribution in [0.3, 0.4) is 0 Å². The number of hydrogen-bond acceptors (Lipinski definition) is 11. The molecule has 0 aromatic heterocycles. The van der Waals surface area contributed by atoms with Gasteiger partial charge in [-0.1, -0.05) is 144 Å². The molecule has 0 rings (SSSR count). The third-order valence-electron chi connectivity index (χ3n) is 11.7. The summed E-state index contributed by atoms with van der Waals surface area (Å²) in [5, 5.41) is 0. The molecular formula is C51H95NO10. The Balaban J connectivity index is 6.03. The van der Waals surface area contributed by atoms with Crippen molar-refractivity contribution in [3.05, 3.63) is 0 Å².